The molecule has 10 heteroatoms. The summed E-state index contributed by atoms with van der Waals surface area (Å²) in [6.45, 7) is 0. The molecule has 0 bridgehead atoms. The maximum absolute atomic E-state index is 14.9. The first-order valence-corrected chi connectivity index (χ1v) is 12.3. The summed E-state index contributed by atoms with van der Waals surface area (Å²) in [5.41, 5.74) is 1.37. The Morgan fingerprint density at radius 1 is 0.946 bits per heavy atom. The van der Waals surface area contributed by atoms with Crippen molar-refractivity contribution in [3.05, 3.63) is 77.6 Å². The monoisotopic (exact) mass is 528 g/mol. The summed E-state index contributed by atoms with van der Waals surface area (Å²) >= 11 is 0.991. The lowest BCUT2D eigenvalue weighted by Crippen LogP contribution is -2.25. The minimum atomic E-state index is -4.46. The van der Waals surface area contributed by atoms with E-state index in [4.69, 9.17) is 0 Å². The number of halogens is 4. The Morgan fingerprint density at radius 2 is 1.65 bits per heavy atom. The first kappa shape index (κ1) is 24.9. The van der Waals surface area contributed by atoms with E-state index in [1.807, 2.05) is 0 Å². The van der Waals surface area contributed by atoms with E-state index in [2.05, 4.69) is 10.3 Å². The van der Waals surface area contributed by atoms with Gasteiger partial charge in [0.1, 0.15) is 5.82 Å². The molecule has 0 radical (unpaired) electrons. The van der Waals surface area contributed by atoms with Crippen LogP contribution in [0.5, 0.6) is 0 Å². The van der Waals surface area contributed by atoms with E-state index in [0.29, 0.717) is 46.2 Å². The number of aromatic nitrogens is 1. The van der Waals surface area contributed by atoms with Gasteiger partial charge < -0.3 is 10.4 Å². The van der Waals surface area contributed by atoms with Gasteiger partial charge in [0.05, 0.1) is 27.4 Å². The second-order valence-corrected chi connectivity index (χ2v) is 9.97. The molecule has 0 saturated heterocycles. The first-order valence-electron chi connectivity index (χ1n) is 11.5. The van der Waals surface area contributed by atoms with Crippen LogP contribution in [0.3, 0.4) is 0 Å². The van der Waals surface area contributed by atoms with Gasteiger partial charge in [-0.3, -0.25) is 9.59 Å². The van der Waals surface area contributed by atoms with Crippen molar-refractivity contribution < 1.29 is 32.3 Å². The molecule has 2 atom stereocenters. The second kappa shape index (κ2) is 9.59. The zero-order valence-corrected chi connectivity index (χ0v) is 20.0. The quantitative estimate of drug-likeness (QED) is 0.200. The molecule has 0 spiro atoms. The number of fused-ring (bicyclic) bond motifs is 1. The van der Waals surface area contributed by atoms with Crippen molar-refractivity contribution >= 4 is 44.1 Å². The molecule has 190 valence electrons. The summed E-state index contributed by atoms with van der Waals surface area (Å²) < 4.78 is 54.1. The first-order chi connectivity index (χ1) is 17.6. The summed E-state index contributed by atoms with van der Waals surface area (Å²) in [5.74, 6) is -2.92. The van der Waals surface area contributed by atoms with Crippen molar-refractivity contribution in [3.63, 3.8) is 0 Å². The number of carbonyl (C=O) groups is 2. The highest BCUT2D eigenvalue weighted by Crippen LogP contribution is 2.37. The van der Waals surface area contributed by atoms with Crippen molar-refractivity contribution in [2.45, 2.75) is 25.4 Å². The van der Waals surface area contributed by atoms with Gasteiger partial charge >= 0.3 is 12.1 Å². The minimum Gasteiger partial charge on any atom is -0.481 e. The Kier molecular flexibility index (Phi) is 6.45. The number of carbonyl (C=O) groups excluding carboxylic acids is 1. The van der Waals surface area contributed by atoms with Crippen LogP contribution in [0.1, 0.15) is 35.2 Å². The Morgan fingerprint density at radius 3 is 2.32 bits per heavy atom. The van der Waals surface area contributed by atoms with Gasteiger partial charge in [0, 0.05) is 11.5 Å². The molecular formula is C27H20F4N2O3S. The van der Waals surface area contributed by atoms with Crippen molar-refractivity contribution in [2.24, 2.45) is 11.8 Å². The number of Topliss-reactive ketones (excluding diaryl/α,β-unsaturated/α-hetero) is 1. The smallest absolute Gasteiger partial charge is 0.416 e. The normalized spacial score (nSPS) is 17.7. The molecule has 1 fully saturated rings. The zero-order valence-electron chi connectivity index (χ0n) is 19.2. The summed E-state index contributed by atoms with van der Waals surface area (Å²) in [5, 5.41) is 12.4. The Balaban J connectivity index is 1.32. The molecule has 5 rings (SSSR count). The van der Waals surface area contributed by atoms with Crippen LogP contribution >= 0.6 is 11.3 Å². The summed E-state index contributed by atoms with van der Waals surface area (Å²) in [4.78, 5) is 28.5. The average Bonchev–Trinajstić information content (AvgIpc) is 3.51. The number of hydrogen-bond donors (Lipinski definition) is 2. The van der Waals surface area contributed by atoms with Gasteiger partial charge in [0.15, 0.2) is 10.9 Å². The number of rotatable bonds is 6. The van der Waals surface area contributed by atoms with E-state index in [1.165, 1.54) is 18.2 Å². The number of benzene rings is 3. The lowest BCUT2D eigenvalue weighted by Gasteiger charge is -2.15. The van der Waals surface area contributed by atoms with Gasteiger partial charge in [0.2, 0.25) is 0 Å². The van der Waals surface area contributed by atoms with Gasteiger partial charge in [-0.1, -0.05) is 48.1 Å². The van der Waals surface area contributed by atoms with Gasteiger partial charge in [-0.15, -0.1) is 0 Å². The number of aliphatic carboxylic acids is 1. The third-order valence-corrected chi connectivity index (χ3v) is 7.53. The van der Waals surface area contributed by atoms with Crippen LogP contribution in [-0.2, 0) is 11.0 Å². The van der Waals surface area contributed by atoms with Crippen molar-refractivity contribution in [1.29, 1.82) is 0 Å². The number of nitrogens with zero attached hydrogens (tertiary/aromatic N) is 1. The predicted octanol–water partition coefficient (Wildman–Crippen LogP) is 7.55. The number of ketones is 1. The molecule has 0 aliphatic heterocycles. The molecule has 0 amide bonds. The number of anilines is 2. The molecule has 37 heavy (non-hydrogen) atoms. The highest BCUT2D eigenvalue weighted by atomic mass is 32.1. The van der Waals surface area contributed by atoms with Crippen molar-refractivity contribution in [1.82, 2.24) is 4.98 Å². The molecule has 1 aliphatic carbocycles. The summed E-state index contributed by atoms with van der Waals surface area (Å²) in [6.07, 6.45) is -2.71. The van der Waals surface area contributed by atoms with Crippen LogP contribution in [0.25, 0.3) is 21.3 Å². The van der Waals surface area contributed by atoms with Crippen molar-refractivity contribution in [3.8, 4) is 11.1 Å². The summed E-state index contributed by atoms with van der Waals surface area (Å²) in [7, 11) is 0. The lowest BCUT2D eigenvalue weighted by atomic mass is 9.88. The largest absolute Gasteiger partial charge is 0.481 e. The topological polar surface area (TPSA) is 79.3 Å². The third-order valence-electron chi connectivity index (χ3n) is 6.60. The second-order valence-electron chi connectivity index (χ2n) is 8.94. The van der Waals surface area contributed by atoms with E-state index in [9.17, 15) is 32.3 Å². The molecule has 1 saturated carbocycles. The molecule has 4 aromatic rings. The molecule has 1 aromatic heterocycles. The number of carboxylic acid groups (broad SMARTS) is 1. The van der Waals surface area contributed by atoms with Crippen LogP contribution in [0.2, 0.25) is 0 Å². The number of alkyl halides is 3. The number of carboxylic acids is 1. The number of thiazole rings is 1. The van der Waals surface area contributed by atoms with Crippen LogP contribution < -0.4 is 5.32 Å². The Bertz CT molecular complexity index is 1500. The average molecular weight is 529 g/mol. The van der Waals surface area contributed by atoms with E-state index >= 15 is 0 Å². The third kappa shape index (κ3) is 5.06. The van der Waals surface area contributed by atoms with Crippen LogP contribution in [0.15, 0.2) is 60.7 Å². The minimum absolute atomic E-state index is 0.117. The Hall–Kier alpha value is -3.79. The maximum atomic E-state index is 14.9. The van der Waals surface area contributed by atoms with E-state index in [1.54, 1.807) is 30.3 Å². The highest BCUT2D eigenvalue weighted by molar-refractivity contribution is 7.22. The molecule has 1 heterocycles. The van der Waals surface area contributed by atoms with Gasteiger partial charge in [-0.05, 0) is 54.3 Å². The van der Waals surface area contributed by atoms with Gasteiger partial charge in [0.25, 0.3) is 0 Å². The fraction of sp³-hybridized carbons (Fsp3) is 0.222. The molecule has 2 N–H and O–H groups in total. The SMILES string of the molecule is O=C(O)C1CCC[C@H]1C(=O)c1ccc(-c2ccc(Nc3nc4ccc(C(F)(F)F)cc4s3)c(F)c2)cc1. The van der Waals surface area contributed by atoms with E-state index in [-0.39, 0.29) is 16.6 Å². The lowest BCUT2D eigenvalue weighted by molar-refractivity contribution is -0.142. The number of nitrogens with one attached hydrogen (secondary N) is 1. The van der Waals surface area contributed by atoms with Gasteiger partial charge in [-0.25, -0.2) is 9.37 Å². The molecular weight excluding hydrogens is 508 g/mol. The van der Waals surface area contributed by atoms with Crippen LogP contribution in [-0.4, -0.2) is 21.8 Å². The van der Waals surface area contributed by atoms with Gasteiger partial charge in [-0.2, -0.15) is 13.2 Å². The molecule has 3 aromatic carbocycles. The van der Waals surface area contributed by atoms with Crippen LogP contribution in [0, 0.1) is 17.7 Å². The predicted molar refractivity (Wildman–Crippen MR) is 133 cm³/mol. The maximum Gasteiger partial charge on any atom is 0.416 e. The fourth-order valence-electron chi connectivity index (χ4n) is 4.68. The standard InChI is InChI=1S/C27H20F4N2O3S/c28-20-12-16(14-4-6-15(7-5-14)24(34)18-2-1-3-19(18)25(35)36)8-10-21(20)32-26-33-22-11-9-17(27(29,30)31)13-23(22)37-26/h4-13,18-19H,1-3H2,(H,32,33)(H,35,36)/t18-,19?/m1/s1. The molecule has 5 nitrogen and oxygen atoms in total. The number of hydrogen-bond acceptors (Lipinski definition) is 5. The fourth-order valence-corrected chi connectivity index (χ4v) is 5.59. The summed E-state index contributed by atoms with van der Waals surface area (Å²) in [6, 6.07) is 14.4. The zero-order chi connectivity index (χ0) is 26.3. The Labute approximate surface area is 212 Å². The van der Waals surface area contributed by atoms with E-state index < -0.39 is 35.4 Å². The van der Waals surface area contributed by atoms with Crippen LogP contribution in [0.4, 0.5) is 28.4 Å². The molecule has 1 aliphatic rings. The van der Waals surface area contributed by atoms with E-state index in [0.717, 1.165) is 23.5 Å². The highest BCUT2D eigenvalue weighted by Gasteiger charge is 2.38. The molecule has 1 unspecified atom stereocenters. The van der Waals surface area contributed by atoms with Crippen molar-refractivity contribution in [2.75, 3.05) is 5.32 Å².